The van der Waals surface area contributed by atoms with Crippen LogP contribution in [0.5, 0.6) is 0 Å². The summed E-state index contributed by atoms with van der Waals surface area (Å²) in [4.78, 5) is 21.3. The summed E-state index contributed by atoms with van der Waals surface area (Å²) < 4.78 is 17.6. The molecule has 0 aliphatic carbocycles. The Morgan fingerprint density at radius 2 is 2.11 bits per heavy atom. The third kappa shape index (κ3) is 2.89. The predicted octanol–water partition coefficient (Wildman–Crippen LogP) is 3.23. The highest BCUT2D eigenvalue weighted by molar-refractivity contribution is 6.31. The van der Waals surface area contributed by atoms with Crippen LogP contribution in [0.3, 0.4) is 0 Å². The van der Waals surface area contributed by atoms with Crippen molar-refractivity contribution in [2.75, 3.05) is 5.32 Å². The molecule has 0 saturated heterocycles. The number of carbonyl (C=O) groups is 1. The van der Waals surface area contributed by atoms with Crippen LogP contribution in [0.15, 0.2) is 34.7 Å². The van der Waals surface area contributed by atoms with Crippen molar-refractivity contribution in [1.82, 2.24) is 0 Å². The van der Waals surface area contributed by atoms with E-state index in [1.54, 1.807) is 0 Å². The number of nitrogens with zero attached hydrogens (tertiary/aromatic N) is 1. The highest BCUT2D eigenvalue weighted by atomic mass is 35.5. The van der Waals surface area contributed by atoms with Crippen LogP contribution in [0, 0.1) is 15.9 Å². The van der Waals surface area contributed by atoms with Gasteiger partial charge >= 0.3 is 5.88 Å². The zero-order valence-corrected chi connectivity index (χ0v) is 9.98. The Kier molecular flexibility index (Phi) is 3.48. The van der Waals surface area contributed by atoms with Crippen molar-refractivity contribution in [2.45, 2.75) is 0 Å². The van der Waals surface area contributed by atoms with Gasteiger partial charge in [0.25, 0.3) is 5.91 Å². The molecule has 0 radical (unpaired) electrons. The van der Waals surface area contributed by atoms with Gasteiger partial charge < -0.3 is 9.73 Å². The summed E-state index contributed by atoms with van der Waals surface area (Å²) in [7, 11) is 0. The van der Waals surface area contributed by atoms with Crippen LogP contribution in [-0.4, -0.2) is 10.8 Å². The molecule has 98 valence electrons. The Morgan fingerprint density at radius 3 is 2.68 bits per heavy atom. The third-order valence-corrected chi connectivity index (χ3v) is 2.46. The van der Waals surface area contributed by atoms with E-state index in [-0.39, 0.29) is 16.5 Å². The number of nitrogens with one attached hydrogen (secondary N) is 1. The third-order valence-electron chi connectivity index (χ3n) is 2.17. The average molecular weight is 285 g/mol. The molecule has 2 rings (SSSR count). The standard InChI is InChI=1S/C11H6ClFN2O4/c12-7-5-6(1-2-8(7)13)14-11(16)9-3-4-10(19-9)15(17)18/h1-5H,(H,14,16). The normalized spacial score (nSPS) is 10.2. The monoisotopic (exact) mass is 284 g/mol. The van der Waals surface area contributed by atoms with Gasteiger partial charge in [-0.2, -0.15) is 0 Å². The maximum Gasteiger partial charge on any atom is 0.433 e. The quantitative estimate of drug-likeness (QED) is 0.692. The van der Waals surface area contributed by atoms with Crippen LogP contribution >= 0.6 is 11.6 Å². The van der Waals surface area contributed by atoms with Crippen LogP contribution in [0.4, 0.5) is 16.0 Å². The lowest BCUT2D eigenvalue weighted by Gasteiger charge is -2.03. The summed E-state index contributed by atoms with van der Waals surface area (Å²) in [5, 5.41) is 12.6. The Labute approximate surface area is 110 Å². The molecule has 6 nitrogen and oxygen atoms in total. The SMILES string of the molecule is O=C(Nc1ccc(F)c(Cl)c1)c1ccc([N+](=O)[O-])o1. The van der Waals surface area contributed by atoms with Crippen molar-refractivity contribution in [2.24, 2.45) is 0 Å². The van der Waals surface area contributed by atoms with Gasteiger partial charge in [-0.1, -0.05) is 11.6 Å². The summed E-state index contributed by atoms with van der Waals surface area (Å²) in [5.41, 5.74) is 0.246. The van der Waals surface area contributed by atoms with Gasteiger partial charge in [-0.05, 0) is 24.3 Å². The van der Waals surface area contributed by atoms with E-state index in [0.29, 0.717) is 0 Å². The number of anilines is 1. The second-order valence-electron chi connectivity index (χ2n) is 3.48. The first kappa shape index (κ1) is 13.0. The maximum absolute atomic E-state index is 12.9. The molecule has 2 aromatic rings. The van der Waals surface area contributed by atoms with Gasteiger partial charge in [0.05, 0.1) is 11.1 Å². The van der Waals surface area contributed by atoms with Crippen molar-refractivity contribution in [1.29, 1.82) is 0 Å². The van der Waals surface area contributed by atoms with Gasteiger partial charge in [-0.3, -0.25) is 14.9 Å². The molecule has 0 unspecified atom stereocenters. The highest BCUT2D eigenvalue weighted by Crippen LogP contribution is 2.21. The molecule has 0 bridgehead atoms. The summed E-state index contributed by atoms with van der Waals surface area (Å²) in [6.45, 7) is 0. The fourth-order valence-corrected chi connectivity index (χ4v) is 1.49. The highest BCUT2D eigenvalue weighted by Gasteiger charge is 2.17. The fraction of sp³-hybridized carbons (Fsp3) is 0. The minimum absolute atomic E-state index is 0.150. The molecular weight excluding hydrogens is 279 g/mol. The molecule has 1 aromatic carbocycles. The molecule has 1 amide bonds. The lowest BCUT2D eigenvalue weighted by molar-refractivity contribution is -0.402. The maximum atomic E-state index is 12.9. The minimum atomic E-state index is -0.758. The summed E-state index contributed by atoms with van der Waals surface area (Å²) in [6.07, 6.45) is 0. The molecule has 0 spiro atoms. The number of hydrogen-bond donors (Lipinski definition) is 1. The summed E-state index contributed by atoms with van der Waals surface area (Å²) in [5.74, 6) is -2.08. The molecule has 0 aliphatic rings. The van der Waals surface area contributed by atoms with E-state index in [4.69, 9.17) is 16.0 Å². The molecule has 0 fully saturated rings. The van der Waals surface area contributed by atoms with Crippen molar-refractivity contribution in [3.8, 4) is 0 Å². The molecule has 19 heavy (non-hydrogen) atoms. The van der Waals surface area contributed by atoms with Crippen molar-refractivity contribution < 1.29 is 18.5 Å². The number of furan rings is 1. The smallest absolute Gasteiger partial charge is 0.395 e. The van der Waals surface area contributed by atoms with E-state index < -0.39 is 22.5 Å². The van der Waals surface area contributed by atoms with E-state index in [0.717, 1.165) is 12.1 Å². The van der Waals surface area contributed by atoms with Crippen molar-refractivity contribution in [3.63, 3.8) is 0 Å². The Balaban J connectivity index is 2.15. The molecule has 0 saturated carbocycles. The molecule has 0 aliphatic heterocycles. The van der Waals surface area contributed by atoms with Crippen molar-refractivity contribution in [3.05, 3.63) is 57.0 Å². The molecule has 0 atom stereocenters. The number of nitro groups is 1. The Bertz CT molecular complexity index is 656. The van der Waals surface area contributed by atoms with Crippen molar-refractivity contribution >= 4 is 29.1 Å². The minimum Gasteiger partial charge on any atom is -0.395 e. The number of halogens is 2. The molecule has 1 aromatic heterocycles. The van der Waals surface area contributed by atoms with Gasteiger partial charge in [-0.15, -0.1) is 0 Å². The Morgan fingerprint density at radius 1 is 1.37 bits per heavy atom. The van der Waals surface area contributed by atoms with Gasteiger partial charge in [0.15, 0.2) is 5.76 Å². The second-order valence-corrected chi connectivity index (χ2v) is 3.89. The van der Waals surface area contributed by atoms with E-state index in [2.05, 4.69) is 5.32 Å². The van der Waals surface area contributed by atoms with Crippen LogP contribution in [-0.2, 0) is 0 Å². The summed E-state index contributed by atoms with van der Waals surface area (Å²) >= 11 is 5.55. The number of amides is 1. The summed E-state index contributed by atoms with van der Waals surface area (Å²) in [6, 6.07) is 5.83. The molecular formula is C11H6ClFN2O4. The first-order valence-corrected chi connectivity index (χ1v) is 5.36. The second kappa shape index (κ2) is 5.07. The topological polar surface area (TPSA) is 85.4 Å². The lowest BCUT2D eigenvalue weighted by Crippen LogP contribution is -2.10. The first-order chi connectivity index (χ1) is 8.97. The number of hydrogen-bond acceptors (Lipinski definition) is 4. The number of benzene rings is 1. The average Bonchev–Trinajstić information content (AvgIpc) is 2.83. The van der Waals surface area contributed by atoms with E-state index in [9.17, 15) is 19.3 Å². The molecule has 1 N–H and O–H groups in total. The van der Waals surface area contributed by atoms with Gasteiger partial charge in [0, 0.05) is 5.69 Å². The zero-order chi connectivity index (χ0) is 14.0. The molecule has 8 heteroatoms. The molecule has 1 heterocycles. The number of carbonyl (C=O) groups excluding carboxylic acids is 1. The zero-order valence-electron chi connectivity index (χ0n) is 9.22. The van der Waals surface area contributed by atoms with Gasteiger partial charge in [-0.25, -0.2) is 4.39 Å². The van der Waals surface area contributed by atoms with Crippen LogP contribution < -0.4 is 5.32 Å². The van der Waals surface area contributed by atoms with E-state index in [1.165, 1.54) is 18.2 Å². The van der Waals surface area contributed by atoms with E-state index in [1.807, 2.05) is 0 Å². The number of rotatable bonds is 3. The Hall–Kier alpha value is -2.41. The van der Waals surface area contributed by atoms with Gasteiger partial charge in [0.2, 0.25) is 0 Å². The predicted molar refractivity (Wildman–Crippen MR) is 64.7 cm³/mol. The van der Waals surface area contributed by atoms with E-state index >= 15 is 0 Å². The fourth-order valence-electron chi connectivity index (χ4n) is 1.31. The van der Waals surface area contributed by atoms with Crippen LogP contribution in [0.25, 0.3) is 0 Å². The van der Waals surface area contributed by atoms with Gasteiger partial charge in [0.1, 0.15) is 10.7 Å². The largest absolute Gasteiger partial charge is 0.433 e. The van der Waals surface area contributed by atoms with Crippen LogP contribution in [0.2, 0.25) is 5.02 Å². The lowest BCUT2D eigenvalue weighted by atomic mass is 10.3. The first-order valence-electron chi connectivity index (χ1n) is 4.98. The van der Waals surface area contributed by atoms with Crippen LogP contribution in [0.1, 0.15) is 10.6 Å².